The maximum atomic E-state index is 5.92. The molecular weight excluding hydrogens is 307 g/mol. The van der Waals surface area contributed by atoms with Gasteiger partial charge in [0.15, 0.2) is 0 Å². The van der Waals surface area contributed by atoms with Crippen molar-refractivity contribution in [2.24, 2.45) is 17.8 Å². The number of hydrogen-bond acceptors (Lipinski definition) is 3. The van der Waals surface area contributed by atoms with E-state index in [-0.39, 0.29) is 0 Å². The summed E-state index contributed by atoms with van der Waals surface area (Å²) in [6, 6.07) is 0. The van der Waals surface area contributed by atoms with Crippen LogP contribution in [0.1, 0.15) is 41.5 Å². The topological polar surface area (TPSA) is 27.7 Å². The van der Waals surface area contributed by atoms with Crippen LogP contribution in [0.3, 0.4) is 0 Å². The molecule has 0 saturated carbocycles. The summed E-state index contributed by atoms with van der Waals surface area (Å²) in [7, 11) is 0. The molecule has 0 aromatic heterocycles. The minimum atomic E-state index is -0.822. The Morgan fingerprint density at radius 3 is 1.17 bits per heavy atom. The van der Waals surface area contributed by atoms with Gasteiger partial charge in [-0.2, -0.15) is 0 Å². The van der Waals surface area contributed by atoms with E-state index < -0.39 is 5.97 Å². The van der Waals surface area contributed by atoms with E-state index in [2.05, 4.69) is 41.5 Å². The second-order valence-corrected chi connectivity index (χ2v) is 6.84. The summed E-state index contributed by atoms with van der Waals surface area (Å²) in [6.45, 7) is 14.8. The molecule has 4 heteroatoms. The molecule has 0 radical (unpaired) electrons. The fourth-order valence-electron chi connectivity index (χ4n) is 1.16. The first-order valence-electron chi connectivity index (χ1n) is 6.87. The predicted octanol–water partition coefficient (Wildman–Crippen LogP) is 3.62. The van der Waals surface area contributed by atoms with E-state index in [0.29, 0.717) is 37.6 Å². The van der Waals surface area contributed by atoms with E-state index in [4.69, 9.17) is 14.2 Å². The SMILES string of the molecule is CC(C)COC([CH2][Zr])(OCC(C)C)OCC(C)C. The molecule has 0 amide bonds. The van der Waals surface area contributed by atoms with E-state index >= 15 is 0 Å². The van der Waals surface area contributed by atoms with Crippen molar-refractivity contribution in [3.05, 3.63) is 0 Å². The molecule has 0 atom stereocenters. The summed E-state index contributed by atoms with van der Waals surface area (Å²) in [5, 5.41) is 0. The molecule has 0 heterocycles. The Labute approximate surface area is 128 Å². The predicted molar refractivity (Wildman–Crippen MR) is 69.9 cm³/mol. The van der Waals surface area contributed by atoms with Crippen LogP contribution < -0.4 is 0 Å². The van der Waals surface area contributed by atoms with Gasteiger partial charge in [-0.15, -0.1) is 0 Å². The van der Waals surface area contributed by atoms with Crippen LogP contribution in [0, 0.1) is 17.8 Å². The van der Waals surface area contributed by atoms with Crippen molar-refractivity contribution < 1.29 is 38.9 Å². The molecule has 107 valence electrons. The van der Waals surface area contributed by atoms with Crippen molar-refractivity contribution >= 4 is 0 Å². The van der Waals surface area contributed by atoms with Gasteiger partial charge < -0.3 is 0 Å². The Hall–Kier alpha value is 0.763. The van der Waals surface area contributed by atoms with Crippen LogP contribution in [0.25, 0.3) is 0 Å². The molecule has 0 bridgehead atoms. The molecule has 0 aliphatic carbocycles. The van der Waals surface area contributed by atoms with Gasteiger partial charge in [0.05, 0.1) is 0 Å². The van der Waals surface area contributed by atoms with Gasteiger partial charge in [-0.3, -0.25) is 0 Å². The minimum absolute atomic E-state index is 0.483. The van der Waals surface area contributed by atoms with Crippen molar-refractivity contribution in [2.45, 2.75) is 51.6 Å². The number of rotatable bonds is 10. The van der Waals surface area contributed by atoms with Gasteiger partial charge in [-0.05, 0) is 0 Å². The van der Waals surface area contributed by atoms with Crippen LogP contribution in [-0.4, -0.2) is 25.8 Å². The zero-order valence-electron chi connectivity index (χ0n) is 12.8. The second kappa shape index (κ2) is 9.63. The third-order valence-electron chi connectivity index (χ3n) is 2.13. The Bertz CT molecular complexity index is 174. The molecule has 0 rings (SSSR count). The summed E-state index contributed by atoms with van der Waals surface area (Å²) in [4.78, 5) is 0. The summed E-state index contributed by atoms with van der Waals surface area (Å²) >= 11 is 1.37. The maximum absolute atomic E-state index is 5.92. The fourth-order valence-corrected chi connectivity index (χ4v) is 1.91. The molecule has 0 aliphatic heterocycles. The second-order valence-electron chi connectivity index (χ2n) is 5.97. The summed E-state index contributed by atoms with van der Waals surface area (Å²) in [6.07, 6.45) is 0. The Kier molecular flexibility index (Phi) is 10.0. The van der Waals surface area contributed by atoms with E-state index in [9.17, 15) is 0 Å². The third kappa shape index (κ3) is 8.79. The van der Waals surface area contributed by atoms with Gasteiger partial charge in [-0.1, -0.05) is 0 Å². The normalized spacial score (nSPS) is 12.9. The van der Waals surface area contributed by atoms with Crippen LogP contribution in [0.4, 0.5) is 0 Å². The number of ether oxygens (including phenoxy) is 3. The average Bonchev–Trinajstić information content (AvgIpc) is 2.28. The molecular formula is C14H29O3Zr. The van der Waals surface area contributed by atoms with Gasteiger partial charge in [0.1, 0.15) is 0 Å². The number of hydrogen-bond donors (Lipinski definition) is 0. The zero-order valence-corrected chi connectivity index (χ0v) is 15.2. The third-order valence-corrected chi connectivity index (χ3v) is 3.19. The van der Waals surface area contributed by atoms with Crippen molar-refractivity contribution in [3.63, 3.8) is 0 Å². The van der Waals surface area contributed by atoms with Crippen molar-refractivity contribution in [1.82, 2.24) is 0 Å². The average molecular weight is 337 g/mol. The van der Waals surface area contributed by atoms with E-state index in [1.807, 2.05) is 0 Å². The van der Waals surface area contributed by atoms with Crippen molar-refractivity contribution in [3.8, 4) is 0 Å². The standard InChI is InChI=1S/C14H29O3.Zr/c1-11(2)8-15-14(7,16-9-12(3)4)17-10-13(5)6;/h11-13H,7-10H2,1-6H3;. The van der Waals surface area contributed by atoms with Crippen LogP contribution in [0.2, 0.25) is 4.13 Å². The van der Waals surface area contributed by atoms with Gasteiger partial charge in [0.2, 0.25) is 0 Å². The molecule has 0 spiro atoms. The monoisotopic (exact) mass is 335 g/mol. The molecule has 0 N–H and O–H groups in total. The molecule has 0 saturated heterocycles. The van der Waals surface area contributed by atoms with Crippen LogP contribution in [-0.2, 0) is 38.9 Å². The Balaban J connectivity index is 4.49. The molecule has 0 aliphatic rings. The molecule has 18 heavy (non-hydrogen) atoms. The first kappa shape index (κ1) is 18.8. The first-order chi connectivity index (χ1) is 8.31. The fraction of sp³-hybridized carbons (Fsp3) is 1.00. The molecule has 0 aromatic carbocycles. The molecule has 0 aromatic rings. The molecule has 0 unspecified atom stereocenters. The van der Waals surface area contributed by atoms with E-state index in [1.54, 1.807) is 0 Å². The zero-order chi connectivity index (χ0) is 14.2. The molecule has 0 fully saturated rings. The van der Waals surface area contributed by atoms with Gasteiger partial charge in [-0.25, -0.2) is 0 Å². The van der Waals surface area contributed by atoms with E-state index in [1.165, 1.54) is 24.7 Å². The van der Waals surface area contributed by atoms with Crippen molar-refractivity contribution in [2.75, 3.05) is 19.8 Å². The first-order valence-corrected chi connectivity index (χ1v) is 8.61. The van der Waals surface area contributed by atoms with Crippen LogP contribution in [0.15, 0.2) is 0 Å². The Morgan fingerprint density at radius 2 is 1.00 bits per heavy atom. The van der Waals surface area contributed by atoms with Crippen LogP contribution in [0.5, 0.6) is 0 Å². The summed E-state index contributed by atoms with van der Waals surface area (Å²) in [5.41, 5.74) is 0. The van der Waals surface area contributed by atoms with Gasteiger partial charge >= 0.3 is 128 Å². The molecule has 3 nitrogen and oxygen atoms in total. The quantitative estimate of drug-likeness (QED) is 0.570. The summed E-state index contributed by atoms with van der Waals surface area (Å²) in [5.74, 6) is 0.628. The van der Waals surface area contributed by atoms with Crippen LogP contribution >= 0.6 is 0 Å². The van der Waals surface area contributed by atoms with E-state index in [0.717, 1.165) is 4.13 Å². The van der Waals surface area contributed by atoms with Gasteiger partial charge in [0.25, 0.3) is 0 Å². The van der Waals surface area contributed by atoms with Crippen molar-refractivity contribution in [1.29, 1.82) is 0 Å². The van der Waals surface area contributed by atoms with Gasteiger partial charge in [0, 0.05) is 0 Å². The Morgan fingerprint density at radius 1 is 0.722 bits per heavy atom. The summed E-state index contributed by atoms with van der Waals surface area (Å²) < 4.78 is 18.6.